The first-order valence-corrected chi connectivity index (χ1v) is 25.5. The third-order valence-electron chi connectivity index (χ3n) is 13.5. The van der Waals surface area contributed by atoms with Gasteiger partial charge in [0, 0.05) is 110 Å². The molecule has 17 heteroatoms. The molecule has 0 N–H and O–H groups in total. The first kappa shape index (κ1) is 49.2. The zero-order chi connectivity index (χ0) is 46.7. The van der Waals surface area contributed by atoms with Gasteiger partial charge >= 0.3 is 0 Å². The molecule has 0 radical (unpaired) electrons. The lowest BCUT2D eigenvalue weighted by Gasteiger charge is -2.35. The zero-order valence-electron chi connectivity index (χ0n) is 37.9. The number of hydrogen-bond acceptors (Lipinski definition) is 11. The quantitative estimate of drug-likeness (QED) is 0.142. The zero-order valence-corrected chi connectivity index (χ0v) is 39.5. The number of benzene rings is 2. The summed E-state index contributed by atoms with van der Waals surface area (Å²) >= 11 is 0. The minimum Gasteiger partial charge on any atom is -0.348 e. The predicted octanol–water partition coefficient (Wildman–Crippen LogP) is 9.86. The topological polar surface area (TPSA) is 175 Å². The number of nitrogens with zero attached hydrogens (tertiary/aromatic N) is 8. The molecule has 69 heavy (non-hydrogen) atoms. The van der Waals surface area contributed by atoms with Crippen LogP contribution < -0.4 is 0 Å². The van der Waals surface area contributed by atoms with Crippen molar-refractivity contribution in [3.63, 3.8) is 0 Å². The summed E-state index contributed by atoms with van der Waals surface area (Å²) in [5.41, 5.74) is 7.99. The number of carbonyl (C=O) groups excluding carboxylic acids is 1. The van der Waals surface area contributed by atoms with Gasteiger partial charge in [-0.1, -0.05) is 51.3 Å². The number of fused-ring (bicyclic) bond motifs is 2. The fraction of sp³-hybridized carbons (Fsp3) is 0.365. The first-order chi connectivity index (χ1) is 32.2. The Morgan fingerprint density at radius 1 is 0.580 bits per heavy atom. The average molecular weight is 973 g/mol. The molecule has 2 aliphatic carbocycles. The molecule has 0 amide bonds. The van der Waals surface area contributed by atoms with E-state index in [9.17, 15) is 21.6 Å². The highest BCUT2D eigenvalue weighted by atomic mass is 32.2. The lowest BCUT2D eigenvalue weighted by Crippen LogP contribution is -2.34. The molecule has 3 aliphatic rings. The fourth-order valence-electron chi connectivity index (χ4n) is 10.0. The van der Waals surface area contributed by atoms with Crippen molar-refractivity contribution in [2.45, 2.75) is 107 Å². The monoisotopic (exact) mass is 972 g/mol. The third-order valence-corrected chi connectivity index (χ3v) is 16.8. The van der Waals surface area contributed by atoms with Gasteiger partial charge in [0.2, 0.25) is 0 Å². The summed E-state index contributed by atoms with van der Waals surface area (Å²) < 4.78 is 72.0. The fourth-order valence-corrected chi connectivity index (χ4v) is 12.7. The Balaban J connectivity index is 0.000000182. The second-order valence-corrected chi connectivity index (χ2v) is 21.5. The maximum atomic E-state index is 13.6. The second kappa shape index (κ2) is 19.3. The van der Waals surface area contributed by atoms with Crippen LogP contribution in [0.25, 0.3) is 44.3 Å². The number of ether oxygens (including phenoxy) is 2. The van der Waals surface area contributed by atoms with Crippen LogP contribution in [0.2, 0.25) is 0 Å². The first-order valence-electron chi connectivity index (χ1n) is 22.6. The summed E-state index contributed by atoms with van der Waals surface area (Å²) in [7, 11) is -3.93. The highest BCUT2D eigenvalue weighted by molar-refractivity contribution is 7.90. The van der Waals surface area contributed by atoms with Crippen LogP contribution in [0.5, 0.6) is 0 Å². The van der Waals surface area contributed by atoms with Crippen molar-refractivity contribution < 1.29 is 31.1 Å². The van der Waals surface area contributed by atoms with Gasteiger partial charge in [-0.25, -0.2) is 34.7 Å². The van der Waals surface area contributed by atoms with Crippen molar-refractivity contribution in [3.8, 4) is 22.3 Å². The molecule has 1 saturated heterocycles. The molecular formula is C52H60N8O7S2. The summed E-state index contributed by atoms with van der Waals surface area (Å²) in [5, 5.41) is 10.5. The van der Waals surface area contributed by atoms with Crippen molar-refractivity contribution in [2.24, 2.45) is 14.1 Å². The summed E-state index contributed by atoms with van der Waals surface area (Å²) in [6.45, 7) is 5.17. The van der Waals surface area contributed by atoms with E-state index in [0.29, 0.717) is 49.1 Å². The average Bonchev–Trinajstić information content (AvgIpc) is 4.18. The molecule has 1 aliphatic heterocycles. The Morgan fingerprint density at radius 2 is 0.986 bits per heavy atom. The molecular weight excluding hydrogens is 913 g/mol. The number of aromatic nitrogens is 8. The Kier molecular flexibility index (Phi) is 13.7. The van der Waals surface area contributed by atoms with Crippen molar-refractivity contribution in [3.05, 3.63) is 132 Å². The van der Waals surface area contributed by atoms with E-state index in [0.717, 1.165) is 94.1 Å². The van der Waals surface area contributed by atoms with E-state index in [2.05, 4.69) is 21.2 Å². The number of carbonyl (C=O) groups is 1. The van der Waals surface area contributed by atoms with Gasteiger partial charge in [0.05, 0.1) is 34.4 Å². The standard InChI is InChI=1S/C26H28N4O4S.C24H24N4O3S.2CH4/c1-18-23(16-29(2)28-18)24-17-30(35(31,32)21-6-4-3-5-7-21)25-22(24)14-20(15-27-25)19-8-10-26(11-9-19)33-12-13-34-26;1-16-22(14-27(2)26-16)23-15-28(32(30,31)20-6-4-3-5-7-20)24-21(23)12-18(13-25-24)17-8-10-19(29)11-9-17;;/h3-7,14-17,19H,8-13H2,1-2H3;3-7,12-15,17H,8-11H2,1-2H3;2*1H4. The smallest absolute Gasteiger partial charge is 0.269 e. The van der Waals surface area contributed by atoms with Crippen LogP contribution in [0.4, 0.5) is 0 Å². The van der Waals surface area contributed by atoms with Gasteiger partial charge in [-0.2, -0.15) is 10.2 Å². The number of Topliss-reactive ketones (excluding diaryl/α,β-unsaturated/α-hetero) is 1. The van der Waals surface area contributed by atoms with Gasteiger partial charge in [0.1, 0.15) is 5.78 Å². The SMILES string of the molecule is C.C.Cc1nn(C)cc1-c1cn(S(=O)(=O)c2ccccc2)c2ncc(C3CCC(=O)CC3)cc12.Cc1nn(C)cc1-c1cn(S(=O)(=O)c2ccccc2)c2ncc(C3CCC4(CC3)OCCO4)cc12. The number of hydrogen-bond donors (Lipinski definition) is 0. The van der Waals surface area contributed by atoms with Gasteiger partial charge in [-0.05, 0) is 98.9 Å². The third kappa shape index (κ3) is 9.20. The van der Waals surface area contributed by atoms with Crippen LogP contribution in [-0.4, -0.2) is 79.1 Å². The minimum atomic E-state index is -3.82. The molecule has 15 nitrogen and oxygen atoms in total. The Morgan fingerprint density at radius 3 is 1.38 bits per heavy atom. The minimum absolute atomic E-state index is 0. The molecule has 7 heterocycles. The molecule has 1 spiro atoms. The maximum absolute atomic E-state index is 13.6. The Bertz CT molecular complexity index is 3370. The largest absolute Gasteiger partial charge is 0.348 e. The van der Waals surface area contributed by atoms with Crippen molar-refractivity contribution >= 4 is 47.9 Å². The lowest BCUT2D eigenvalue weighted by molar-refractivity contribution is -0.178. The number of rotatable bonds is 8. The molecule has 2 saturated carbocycles. The highest BCUT2D eigenvalue weighted by Crippen LogP contribution is 2.44. The van der Waals surface area contributed by atoms with Crippen LogP contribution >= 0.6 is 0 Å². The summed E-state index contributed by atoms with van der Waals surface area (Å²) in [5.74, 6) is 0.463. The lowest BCUT2D eigenvalue weighted by atomic mass is 9.81. The van der Waals surface area contributed by atoms with Crippen LogP contribution in [0.1, 0.15) is 101 Å². The van der Waals surface area contributed by atoms with E-state index in [1.807, 2.05) is 52.6 Å². The van der Waals surface area contributed by atoms with Crippen molar-refractivity contribution in [1.29, 1.82) is 0 Å². The van der Waals surface area contributed by atoms with E-state index < -0.39 is 25.8 Å². The second-order valence-electron chi connectivity index (χ2n) is 17.9. The Hall–Kier alpha value is -6.27. The molecule has 0 unspecified atom stereocenters. The van der Waals surface area contributed by atoms with Crippen LogP contribution in [0.15, 0.2) is 120 Å². The molecule has 2 aromatic carbocycles. The van der Waals surface area contributed by atoms with Gasteiger partial charge in [-0.15, -0.1) is 0 Å². The number of aryl methyl sites for hydroxylation is 4. The van der Waals surface area contributed by atoms with Gasteiger partial charge in [0.15, 0.2) is 17.1 Å². The molecule has 6 aromatic heterocycles. The van der Waals surface area contributed by atoms with E-state index >= 15 is 0 Å². The summed E-state index contributed by atoms with van der Waals surface area (Å²) in [4.78, 5) is 21.5. The molecule has 8 aromatic rings. The molecule has 3 fully saturated rings. The molecule has 0 atom stereocenters. The number of pyridine rings is 2. The highest BCUT2D eigenvalue weighted by Gasteiger charge is 2.41. The van der Waals surface area contributed by atoms with Crippen molar-refractivity contribution in [1.82, 2.24) is 37.5 Å². The normalized spacial score (nSPS) is 16.6. The summed E-state index contributed by atoms with van der Waals surface area (Å²) in [6.07, 6.45) is 17.1. The van der Waals surface area contributed by atoms with Crippen molar-refractivity contribution in [2.75, 3.05) is 13.2 Å². The maximum Gasteiger partial charge on any atom is 0.269 e. The molecule has 0 bridgehead atoms. The van der Waals surface area contributed by atoms with E-state index in [-0.39, 0.29) is 30.6 Å². The van der Waals surface area contributed by atoms with E-state index in [1.165, 1.54) is 7.94 Å². The summed E-state index contributed by atoms with van der Waals surface area (Å²) in [6, 6.07) is 21.0. The van der Waals surface area contributed by atoms with E-state index in [1.54, 1.807) is 88.6 Å². The molecule has 362 valence electrons. The van der Waals surface area contributed by atoms with Gasteiger partial charge in [-0.3, -0.25) is 14.2 Å². The predicted molar refractivity (Wildman–Crippen MR) is 267 cm³/mol. The van der Waals surface area contributed by atoms with E-state index in [4.69, 9.17) is 14.5 Å². The molecule has 11 rings (SSSR count). The van der Waals surface area contributed by atoms with Crippen LogP contribution in [0, 0.1) is 13.8 Å². The van der Waals surface area contributed by atoms with Gasteiger partial charge in [0.25, 0.3) is 20.0 Å². The number of ketones is 1. The van der Waals surface area contributed by atoms with Gasteiger partial charge < -0.3 is 9.47 Å². The Labute approximate surface area is 404 Å². The van der Waals surface area contributed by atoms with Crippen LogP contribution in [-0.2, 0) is 48.4 Å². The van der Waals surface area contributed by atoms with Crippen LogP contribution in [0.3, 0.4) is 0 Å².